The van der Waals surface area contributed by atoms with Crippen LogP contribution in [0.25, 0.3) is 0 Å². The second kappa shape index (κ2) is 10.3. The molecule has 1 aliphatic rings. The van der Waals surface area contributed by atoms with E-state index in [-0.39, 0.29) is 10.8 Å². The molecule has 0 atom stereocenters. The molecule has 0 aliphatic carbocycles. The smallest absolute Gasteiger partial charge is 0.262 e. The van der Waals surface area contributed by atoms with Crippen LogP contribution in [0.3, 0.4) is 0 Å². The number of nitrogens with zero attached hydrogens (tertiary/aromatic N) is 1. The van der Waals surface area contributed by atoms with Gasteiger partial charge >= 0.3 is 0 Å². The molecule has 3 aromatic rings. The lowest BCUT2D eigenvalue weighted by atomic mass is 10.2. The second-order valence-electron chi connectivity index (χ2n) is 7.63. The number of hydrogen-bond acceptors (Lipinski definition) is 5. The molecular formula is C25H25N3O4S. The summed E-state index contributed by atoms with van der Waals surface area (Å²) in [4.78, 5) is 17.3. The van der Waals surface area contributed by atoms with E-state index in [1.54, 1.807) is 36.4 Å². The molecule has 0 spiro atoms. The minimum absolute atomic E-state index is 0.111. The van der Waals surface area contributed by atoms with Crippen molar-refractivity contribution in [1.29, 1.82) is 0 Å². The maximum absolute atomic E-state index is 12.9. The van der Waals surface area contributed by atoms with Crippen molar-refractivity contribution in [3.63, 3.8) is 0 Å². The third-order valence-electron chi connectivity index (χ3n) is 5.15. The fourth-order valence-electron chi connectivity index (χ4n) is 3.45. The van der Waals surface area contributed by atoms with Crippen molar-refractivity contribution < 1.29 is 17.9 Å². The first kappa shape index (κ1) is 22.5. The third kappa shape index (κ3) is 5.98. The second-order valence-corrected chi connectivity index (χ2v) is 9.32. The van der Waals surface area contributed by atoms with Gasteiger partial charge in [-0.15, -0.1) is 0 Å². The first-order chi connectivity index (χ1) is 16.0. The Labute approximate surface area is 193 Å². The summed E-state index contributed by atoms with van der Waals surface area (Å²) in [6, 6.07) is 22.2. The molecule has 1 heterocycles. The molecule has 8 heteroatoms. The molecule has 0 unspecified atom stereocenters. The summed E-state index contributed by atoms with van der Waals surface area (Å²) in [5.41, 5.74) is 0.839. The first-order valence-electron chi connectivity index (χ1n) is 10.8. The zero-order chi connectivity index (χ0) is 23.1. The van der Waals surface area contributed by atoms with Gasteiger partial charge in [-0.2, -0.15) is 0 Å². The highest BCUT2D eigenvalue weighted by Crippen LogP contribution is 2.26. The van der Waals surface area contributed by atoms with Gasteiger partial charge in [-0.1, -0.05) is 36.8 Å². The number of sulfonamides is 1. The van der Waals surface area contributed by atoms with Gasteiger partial charge in [0.05, 0.1) is 10.5 Å². The predicted molar refractivity (Wildman–Crippen MR) is 128 cm³/mol. The van der Waals surface area contributed by atoms with Crippen molar-refractivity contribution in [2.24, 2.45) is 4.99 Å². The van der Waals surface area contributed by atoms with E-state index in [1.807, 2.05) is 30.3 Å². The van der Waals surface area contributed by atoms with Crippen LogP contribution < -0.4 is 14.8 Å². The van der Waals surface area contributed by atoms with E-state index < -0.39 is 10.0 Å². The molecule has 2 N–H and O–H groups in total. The molecule has 1 aliphatic heterocycles. The number of nitrogens with one attached hydrogen (secondary N) is 2. The fourth-order valence-corrected chi connectivity index (χ4v) is 4.54. The van der Waals surface area contributed by atoms with Crippen molar-refractivity contribution >= 4 is 27.5 Å². The Balaban J connectivity index is 1.45. The zero-order valence-electron chi connectivity index (χ0n) is 18.0. The third-order valence-corrected chi connectivity index (χ3v) is 6.55. The summed E-state index contributed by atoms with van der Waals surface area (Å²) < 4.78 is 33.8. The lowest BCUT2D eigenvalue weighted by Gasteiger charge is -2.12. The van der Waals surface area contributed by atoms with E-state index in [2.05, 4.69) is 15.0 Å². The van der Waals surface area contributed by atoms with Gasteiger partial charge in [0.2, 0.25) is 0 Å². The van der Waals surface area contributed by atoms with Gasteiger partial charge in [0.15, 0.2) is 0 Å². The molecule has 7 nitrogen and oxygen atoms in total. The van der Waals surface area contributed by atoms with Crippen LogP contribution >= 0.6 is 0 Å². The van der Waals surface area contributed by atoms with Crippen LogP contribution in [0.2, 0.25) is 0 Å². The van der Waals surface area contributed by atoms with Crippen LogP contribution in [-0.4, -0.2) is 26.7 Å². The lowest BCUT2D eigenvalue weighted by molar-refractivity contribution is 0.102. The predicted octanol–water partition coefficient (Wildman–Crippen LogP) is 4.98. The number of para-hydroxylation sites is 2. The number of benzene rings is 3. The van der Waals surface area contributed by atoms with Crippen molar-refractivity contribution in [1.82, 2.24) is 4.72 Å². The number of hydrogen-bond donors (Lipinski definition) is 2. The number of carbonyl (C=O) groups is 1. The van der Waals surface area contributed by atoms with Crippen LogP contribution in [0, 0.1) is 0 Å². The molecule has 3 aromatic carbocycles. The molecule has 0 fully saturated rings. The number of carbonyl (C=O) groups excluding carboxylic acids is 1. The summed E-state index contributed by atoms with van der Waals surface area (Å²) in [5, 5.41) is 2.79. The van der Waals surface area contributed by atoms with Crippen LogP contribution in [0.5, 0.6) is 11.5 Å². The quantitative estimate of drug-likeness (QED) is 0.539. The van der Waals surface area contributed by atoms with Gasteiger partial charge in [0.1, 0.15) is 17.3 Å². The lowest BCUT2D eigenvalue weighted by Crippen LogP contribution is -2.30. The Hall–Kier alpha value is -3.65. The molecule has 0 bridgehead atoms. The minimum atomic E-state index is -3.73. The Bertz CT molecular complexity index is 1240. The molecule has 0 saturated heterocycles. The molecule has 170 valence electrons. The van der Waals surface area contributed by atoms with Crippen LogP contribution in [0.4, 0.5) is 5.69 Å². The van der Waals surface area contributed by atoms with E-state index in [4.69, 9.17) is 4.74 Å². The summed E-state index contributed by atoms with van der Waals surface area (Å²) in [6.45, 7) is 0.637. The van der Waals surface area contributed by atoms with Crippen LogP contribution in [0.15, 0.2) is 88.8 Å². The molecule has 4 rings (SSSR count). The average Bonchev–Trinajstić information content (AvgIpc) is 3.08. The van der Waals surface area contributed by atoms with Gasteiger partial charge in [-0.25, -0.2) is 8.42 Å². The largest absolute Gasteiger partial charge is 0.457 e. The number of amidine groups is 1. The Morgan fingerprint density at radius 3 is 2.36 bits per heavy atom. The molecule has 0 radical (unpaired) electrons. The Morgan fingerprint density at radius 2 is 1.58 bits per heavy atom. The van der Waals surface area contributed by atoms with E-state index in [9.17, 15) is 13.2 Å². The molecular weight excluding hydrogens is 438 g/mol. The Morgan fingerprint density at radius 1 is 0.848 bits per heavy atom. The van der Waals surface area contributed by atoms with Crippen molar-refractivity contribution in [3.8, 4) is 11.5 Å². The Kier molecular flexibility index (Phi) is 7.04. The summed E-state index contributed by atoms with van der Waals surface area (Å²) in [6.07, 6.45) is 3.56. The van der Waals surface area contributed by atoms with Gasteiger partial charge in [-0.05, 0) is 61.4 Å². The van der Waals surface area contributed by atoms with Gasteiger partial charge < -0.3 is 10.1 Å². The molecule has 0 aromatic heterocycles. The standard InChI is InChI=1S/C25H25N3O4S/c29-25(22-11-6-7-12-23(22)32-20-9-3-1-4-10-20)27-19-14-16-21(17-15-19)33(30,31)28-24-13-5-2-8-18-26-24/h1,3-4,6-7,9-12,14-17H,2,5,8,13,18H2,(H,26,28)(H,27,29). The minimum Gasteiger partial charge on any atom is -0.457 e. The maximum atomic E-state index is 12.9. The highest BCUT2D eigenvalue weighted by atomic mass is 32.2. The molecule has 1 amide bonds. The van der Waals surface area contributed by atoms with Gasteiger partial charge in [0.25, 0.3) is 15.9 Å². The van der Waals surface area contributed by atoms with Crippen LogP contribution in [0.1, 0.15) is 36.0 Å². The first-order valence-corrected chi connectivity index (χ1v) is 12.3. The highest BCUT2D eigenvalue weighted by molar-refractivity contribution is 7.90. The fraction of sp³-hybridized carbons (Fsp3) is 0.200. The number of ether oxygens (including phenoxy) is 1. The number of rotatable bonds is 6. The van der Waals surface area contributed by atoms with E-state index in [0.717, 1.165) is 19.3 Å². The van der Waals surface area contributed by atoms with Crippen molar-refractivity contribution in [2.45, 2.75) is 30.6 Å². The number of anilines is 1. The normalized spacial score (nSPS) is 14.0. The molecule has 0 saturated carbocycles. The van der Waals surface area contributed by atoms with Crippen LogP contribution in [-0.2, 0) is 10.0 Å². The molecule has 33 heavy (non-hydrogen) atoms. The van der Waals surface area contributed by atoms with E-state index in [1.165, 1.54) is 12.1 Å². The zero-order valence-corrected chi connectivity index (χ0v) is 18.8. The van der Waals surface area contributed by atoms with E-state index in [0.29, 0.717) is 41.6 Å². The topological polar surface area (TPSA) is 96.9 Å². The average molecular weight is 464 g/mol. The summed E-state index contributed by atoms with van der Waals surface area (Å²) in [5.74, 6) is 1.19. The SMILES string of the molecule is O=C(Nc1ccc(S(=O)(=O)NC2=NCCCCC2)cc1)c1ccccc1Oc1ccccc1. The summed E-state index contributed by atoms with van der Waals surface area (Å²) in [7, 11) is -3.73. The highest BCUT2D eigenvalue weighted by Gasteiger charge is 2.18. The summed E-state index contributed by atoms with van der Waals surface area (Å²) >= 11 is 0. The van der Waals surface area contributed by atoms with Crippen molar-refractivity contribution in [3.05, 3.63) is 84.4 Å². The van der Waals surface area contributed by atoms with Gasteiger partial charge in [0, 0.05) is 18.7 Å². The maximum Gasteiger partial charge on any atom is 0.262 e. The number of aliphatic imine (C=N–C) groups is 1. The van der Waals surface area contributed by atoms with Gasteiger partial charge in [-0.3, -0.25) is 14.5 Å². The van der Waals surface area contributed by atoms with Crippen molar-refractivity contribution in [2.75, 3.05) is 11.9 Å². The monoisotopic (exact) mass is 463 g/mol. The van der Waals surface area contributed by atoms with E-state index >= 15 is 0 Å². The number of amides is 1.